The van der Waals surface area contributed by atoms with Gasteiger partial charge in [0, 0.05) is 12.0 Å². The number of carboxylic acid groups (broad SMARTS) is 1. The number of methoxy groups -OCH3 is 1. The SMILES string of the molecule is CCCC(COC)Nc1nc(C(=O)O)c(C)s1. The lowest BCUT2D eigenvalue weighted by Gasteiger charge is -2.15. The molecule has 0 bridgehead atoms. The Balaban J connectivity index is 2.72. The maximum absolute atomic E-state index is 10.9. The molecule has 1 aromatic rings. The molecule has 0 spiro atoms. The van der Waals surface area contributed by atoms with E-state index in [1.165, 1.54) is 11.3 Å². The number of aryl methyl sites for hydroxylation is 1. The predicted octanol–water partition coefficient (Wildman–Crippen LogP) is 2.38. The minimum Gasteiger partial charge on any atom is -0.476 e. The topological polar surface area (TPSA) is 71.5 Å². The highest BCUT2D eigenvalue weighted by Gasteiger charge is 2.16. The van der Waals surface area contributed by atoms with Gasteiger partial charge in [-0.15, -0.1) is 11.3 Å². The van der Waals surface area contributed by atoms with Gasteiger partial charge in [0.15, 0.2) is 10.8 Å². The van der Waals surface area contributed by atoms with Crippen LogP contribution >= 0.6 is 11.3 Å². The van der Waals surface area contributed by atoms with Crippen molar-refractivity contribution in [2.75, 3.05) is 19.0 Å². The van der Waals surface area contributed by atoms with Crippen LogP contribution in [0.3, 0.4) is 0 Å². The van der Waals surface area contributed by atoms with E-state index in [4.69, 9.17) is 9.84 Å². The summed E-state index contributed by atoms with van der Waals surface area (Å²) in [4.78, 5) is 15.6. The largest absolute Gasteiger partial charge is 0.476 e. The summed E-state index contributed by atoms with van der Waals surface area (Å²) < 4.78 is 5.11. The minimum absolute atomic E-state index is 0.130. The van der Waals surface area contributed by atoms with Crippen molar-refractivity contribution in [3.05, 3.63) is 10.6 Å². The molecule has 0 amide bonds. The van der Waals surface area contributed by atoms with Crippen LogP contribution in [0.1, 0.15) is 35.1 Å². The van der Waals surface area contributed by atoms with Crippen LogP contribution in [0.4, 0.5) is 5.13 Å². The Labute approximate surface area is 105 Å². The lowest BCUT2D eigenvalue weighted by atomic mass is 10.2. The molecule has 2 N–H and O–H groups in total. The Morgan fingerprint density at radius 1 is 1.65 bits per heavy atom. The number of thiazole rings is 1. The molecule has 1 atom stereocenters. The first-order valence-corrected chi connectivity index (χ1v) is 6.36. The summed E-state index contributed by atoms with van der Waals surface area (Å²) in [6, 6.07) is 0.178. The summed E-state index contributed by atoms with van der Waals surface area (Å²) in [5, 5.41) is 12.8. The third kappa shape index (κ3) is 3.98. The molecule has 0 fully saturated rings. The molecule has 0 aromatic carbocycles. The summed E-state index contributed by atoms with van der Waals surface area (Å²) in [5.74, 6) is -0.981. The summed E-state index contributed by atoms with van der Waals surface area (Å²) in [5.41, 5.74) is 0.130. The summed E-state index contributed by atoms with van der Waals surface area (Å²) in [6.45, 7) is 4.45. The Bertz CT molecular complexity index is 373. The van der Waals surface area contributed by atoms with E-state index in [0.717, 1.165) is 12.8 Å². The fourth-order valence-electron chi connectivity index (χ4n) is 1.58. The molecule has 0 aliphatic rings. The minimum atomic E-state index is -0.981. The van der Waals surface area contributed by atoms with Gasteiger partial charge in [-0.2, -0.15) is 0 Å². The first-order chi connectivity index (χ1) is 8.08. The highest BCUT2D eigenvalue weighted by Crippen LogP contribution is 2.23. The van der Waals surface area contributed by atoms with E-state index in [2.05, 4.69) is 17.2 Å². The molecule has 0 saturated carbocycles. The van der Waals surface area contributed by atoms with Gasteiger partial charge in [-0.3, -0.25) is 0 Å². The number of aromatic nitrogens is 1. The average Bonchev–Trinajstić information content (AvgIpc) is 2.60. The Kier molecular flexibility index (Phi) is 5.37. The number of carboxylic acids is 1. The van der Waals surface area contributed by atoms with E-state index in [1.807, 2.05) is 0 Å². The van der Waals surface area contributed by atoms with Gasteiger partial charge >= 0.3 is 5.97 Å². The molecule has 0 aliphatic carbocycles. The standard InChI is InChI=1S/C11H18N2O3S/c1-4-5-8(6-16-3)12-11-13-9(10(14)15)7(2)17-11/h8H,4-6H2,1-3H3,(H,12,13)(H,14,15). The number of hydrogen-bond acceptors (Lipinski definition) is 5. The number of hydrogen-bond donors (Lipinski definition) is 2. The molecule has 1 unspecified atom stereocenters. The van der Waals surface area contributed by atoms with Crippen molar-refractivity contribution in [1.29, 1.82) is 0 Å². The predicted molar refractivity (Wildman–Crippen MR) is 68.0 cm³/mol. The Morgan fingerprint density at radius 3 is 2.82 bits per heavy atom. The zero-order chi connectivity index (χ0) is 12.8. The van der Waals surface area contributed by atoms with E-state index < -0.39 is 5.97 Å². The third-order valence-corrected chi connectivity index (χ3v) is 3.23. The van der Waals surface area contributed by atoms with Crippen LogP contribution < -0.4 is 5.32 Å². The first-order valence-electron chi connectivity index (χ1n) is 5.54. The van der Waals surface area contributed by atoms with Crippen molar-refractivity contribution in [2.24, 2.45) is 0 Å². The Hall–Kier alpha value is -1.14. The second-order valence-corrected chi connectivity index (χ2v) is 5.02. The highest BCUT2D eigenvalue weighted by molar-refractivity contribution is 7.15. The quantitative estimate of drug-likeness (QED) is 0.785. The van der Waals surface area contributed by atoms with Crippen molar-refractivity contribution in [3.63, 3.8) is 0 Å². The maximum Gasteiger partial charge on any atom is 0.355 e. The lowest BCUT2D eigenvalue weighted by molar-refractivity contribution is 0.0690. The fraction of sp³-hybridized carbons (Fsp3) is 0.636. The zero-order valence-electron chi connectivity index (χ0n) is 10.3. The highest BCUT2D eigenvalue weighted by atomic mass is 32.1. The van der Waals surface area contributed by atoms with Crippen molar-refractivity contribution < 1.29 is 14.6 Å². The van der Waals surface area contributed by atoms with E-state index in [-0.39, 0.29) is 11.7 Å². The third-order valence-electron chi connectivity index (χ3n) is 2.33. The van der Waals surface area contributed by atoms with E-state index in [0.29, 0.717) is 16.6 Å². The van der Waals surface area contributed by atoms with E-state index in [1.54, 1.807) is 14.0 Å². The van der Waals surface area contributed by atoms with E-state index >= 15 is 0 Å². The van der Waals surface area contributed by atoms with Gasteiger partial charge in [-0.05, 0) is 13.3 Å². The maximum atomic E-state index is 10.9. The summed E-state index contributed by atoms with van der Waals surface area (Å²) in [7, 11) is 1.65. The van der Waals surface area contributed by atoms with Gasteiger partial charge in [-0.25, -0.2) is 9.78 Å². The van der Waals surface area contributed by atoms with Gasteiger partial charge in [0.1, 0.15) is 0 Å². The van der Waals surface area contributed by atoms with Crippen LogP contribution in [-0.4, -0.2) is 35.8 Å². The van der Waals surface area contributed by atoms with Crippen molar-refractivity contribution in [1.82, 2.24) is 4.98 Å². The lowest BCUT2D eigenvalue weighted by Crippen LogP contribution is -2.24. The molecule has 96 valence electrons. The molecule has 5 nitrogen and oxygen atoms in total. The number of rotatable bonds is 7. The number of carbonyl (C=O) groups is 1. The smallest absolute Gasteiger partial charge is 0.355 e. The number of nitrogens with one attached hydrogen (secondary N) is 1. The fourth-order valence-corrected chi connectivity index (χ4v) is 2.46. The Morgan fingerprint density at radius 2 is 2.35 bits per heavy atom. The molecular formula is C11H18N2O3S. The molecule has 1 heterocycles. The van der Waals surface area contributed by atoms with Crippen molar-refractivity contribution in [3.8, 4) is 0 Å². The van der Waals surface area contributed by atoms with Crippen LogP contribution in [0.25, 0.3) is 0 Å². The van der Waals surface area contributed by atoms with Crippen LogP contribution in [0, 0.1) is 6.92 Å². The van der Waals surface area contributed by atoms with Crippen LogP contribution in [0.2, 0.25) is 0 Å². The molecule has 0 radical (unpaired) electrons. The normalized spacial score (nSPS) is 12.4. The monoisotopic (exact) mass is 258 g/mol. The molecule has 17 heavy (non-hydrogen) atoms. The number of anilines is 1. The molecule has 1 rings (SSSR count). The van der Waals surface area contributed by atoms with Gasteiger partial charge < -0.3 is 15.2 Å². The number of nitrogens with zero attached hydrogens (tertiary/aromatic N) is 1. The van der Waals surface area contributed by atoms with Gasteiger partial charge in [0.05, 0.1) is 12.6 Å². The summed E-state index contributed by atoms with van der Waals surface area (Å²) in [6.07, 6.45) is 2.01. The van der Waals surface area contributed by atoms with Crippen molar-refractivity contribution >= 4 is 22.4 Å². The molecule has 0 saturated heterocycles. The van der Waals surface area contributed by atoms with Crippen LogP contribution in [0.5, 0.6) is 0 Å². The number of ether oxygens (including phenoxy) is 1. The second-order valence-electron chi connectivity index (χ2n) is 3.81. The molecular weight excluding hydrogens is 240 g/mol. The summed E-state index contributed by atoms with van der Waals surface area (Å²) >= 11 is 1.36. The molecule has 0 aliphatic heterocycles. The van der Waals surface area contributed by atoms with Crippen LogP contribution in [0.15, 0.2) is 0 Å². The van der Waals surface area contributed by atoms with Gasteiger partial charge in [-0.1, -0.05) is 13.3 Å². The van der Waals surface area contributed by atoms with Crippen molar-refractivity contribution in [2.45, 2.75) is 32.7 Å². The molecule has 1 aromatic heterocycles. The zero-order valence-corrected chi connectivity index (χ0v) is 11.1. The first kappa shape index (κ1) is 13.9. The van der Waals surface area contributed by atoms with E-state index in [9.17, 15) is 4.79 Å². The average molecular weight is 258 g/mol. The van der Waals surface area contributed by atoms with Gasteiger partial charge in [0.2, 0.25) is 0 Å². The second kappa shape index (κ2) is 6.56. The van der Waals surface area contributed by atoms with Gasteiger partial charge in [0.25, 0.3) is 0 Å². The number of aromatic carboxylic acids is 1. The molecule has 6 heteroatoms. The van der Waals surface area contributed by atoms with Crippen LogP contribution in [-0.2, 0) is 4.74 Å².